The largest absolute Gasteiger partial charge is 0.466 e. The summed E-state index contributed by atoms with van der Waals surface area (Å²) in [6.07, 6.45) is 0. The summed E-state index contributed by atoms with van der Waals surface area (Å²) in [5, 5.41) is 6.73. The van der Waals surface area contributed by atoms with Crippen LogP contribution in [0.3, 0.4) is 0 Å². The highest BCUT2D eigenvalue weighted by Crippen LogP contribution is 2.30. The van der Waals surface area contributed by atoms with E-state index in [9.17, 15) is 14.4 Å². The van der Waals surface area contributed by atoms with Gasteiger partial charge in [-0.15, -0.1) is 0 Å². The summed E-state index contributed by atoms with van der Waals surface area (Å²) in [6.45, 7) is -0.0441. The Hall–Kier alpha value is -3.66. The van der Waals surface area contributed by atoms with Crippen LogP contribution in [0.5, 0.6) is 0 Å². The third kappa shape index (κ3) is 3.97. The monoisotopic (exact) mass is 401 g/mol. The van der Waals surface area contributed by atoms with Crippen molar-refractivity contribution in [1.82, 2.24) is 10.2 Å². The van der Waals surface area contributed by atoms with E-state index in [2.05, 4.69) is 14.9 Å². The Balaban J connectivity index is 2.02. The van der Waals surface area contributed by atoms with Gasteiger partial charge in [0.15, 0.2) is 0 Å². The van der Waals surface area contributed by atoms with Crippen LogP contribution in [-0.4, -0.2) is 62.8 Å². The van der Waals surface area contributed by atoms with Crippen molar-refractivity contribution < 1.29 is 33.3 Å². The number of nitrogens with one attached hydrogen (secondary N) is 1. The van der Waals surface area contributed by atoms with Crippen molar-refractivity contribution in [2.45, 2.75) is 0 Å². The molecule has 1 aromatic carbocycles. The van der Waals surface area contributed by atoms with Gasteiger partial charge in [0.25, 0.3) is 0 Å². The highest BCUT2D eigenvalue weighted by Gasteiger charge is 2.32. The van der Waals surface area contributed by atoms with Crippen molar-refractivity contribution in [3.8, 4) is 11.3 Å². The molecule has 152 valence electrons. The Labute approximate surface area is 166 Å². The summed E-state index contributed by atoms with van der Waals surface area (Å²) >= 11 is 0. The second-order valence-electron chi connectivity index (χ2n) is 5.92. The maximum Gasteiger partial charge on any atom is 0.356 e. The van der Waals surface area contributed by atoms with Gasteiger partial charge in [-0.3, -0.25) is 5.10 Å². The molecule has 0 unspecified atom stereocenters. The van der Waals surface area contributed by atoms with Crippen LogP contribution in [0, 0.1) is 0 Å². The number of methoxy groups -OCH3 is 3. The molecule has 1 N–H and O–H groups in total. The fourth-order valence-electron chi connectivity index (χ4n) is 2.86. The second-order valence-corrected chi connectivity index (χ2v) is 5.92. The maximum absolute atomic E-state index is 12.4. The van der Waals surface area contributed by atoms with E-state index < -0.39 is 17.9 Å². The van der Waals surface area contributed by atoms with Crippen LogP contribution in [0.15, 0.2) is 41.6 Å². The van der Waals surface area contributed by atoms with E-state index in [1.165, 1.54) is 26.2 Å². The molecule has 1 aromatic heterocycles. The van der Waals surface area contributed by atoms with Crippen molar-refractivity contribution in [1.29, 1.82) is 0 Å². The molecule has 0 radical (unpaired) electrons. The molecule has 10 heteroatoms. The van der Waals surface area contributed by atoms with Crippen LogP contribution in [0.25, 0.3) is 11.3 Å². The molecule has 1 aliphatic heterocycles. The molecule has 0 saturated carbocycles. The Kier molecular flexibility index (Phi) is 5.93. The first-order valence-corrected chi connectivity index (χ1v) is 8.49. The Morgan fingerprint density at radius 2 is 1.76 bits per heavy atom. The predicted octanol–water partition coefficient (Wildman–Crippen LogP) is 1.26. The number of anilines is 1. The van der Waals surface area contributed by atoms with Crippen LogP contribution < -0.4 is 4.90 Å². The lowest BCUT2D eigenvalue weighted by atomic mass is 10.1. The number of ether oxygens (including phenoxy) is 4. The van der Waals surface area contributed by atoms with Gasteiger partial charge < -0.3 is 23.8 Å². The van der Waals surface area contributed by atoms with E-state index in [1.807, 2.05) is 0 Å². The summed E-state index contributed by atoms with van der Waals surface area (Å²) in [6, 6.07) is 8.56. The number of H-pyrrole nitrogens is 1. The van der Waals surface area contributed by atoms with Crippen LogP contribution in [-0.2, 0) is 28.5 Å². The number of carbonyl (C=O) groups excluding carboxylic acids is 3. The van der Waals surface area contributed by atoms with Crippen molar-refractivity contribution in [3.63, 3.8) is 0 Å². The quantitative estimate of drug-likeness (QED) is 0.583. The molecule has 0 fully saturated rings. The number of carbonyl (C=O) groups is 3. The number of aromatic amines is 1. The van der Waals surface area contributed by atoms with E-state index >= 15 is 0 Å². The van der Waals surface area contributed by atoms with E-state index in [-0.39, 0.29) is 30.3 Å². The molecule has 0 saturated heterocycles. The zero-order valence-electron chi connectivity index (χ0n) is 16.1. The lowest BCUT2D eigenvalue weighted by molar-refractivity contribution is -0.140. The van der Waals surface area contributed by atoms with Crippen LogP contribution >= 0.6 is 0 Å². The van der Waals surface area contributed by atoms with Crippen LogP contribution in [0.2, 0.25) is 0 Å². The van der Waals surface area contributed by atoms with Crippen molar-refractivity contribution in [2.75, 3.05) is 39.6 Å². The highest BCUT2D eigenvalue weighted by atomic mass is 16.5. The molecule has 0 amide bonds. The van der Waals surface area contributed by atoms with Gasteiger partial charge in [-0.2, -0.15) is 5.10 Å². The lowest BCUT2D eigenvalue weighted by Crippen LogP contribution is -2.38. The minimum Gasteiger partial charge on any atom is -0.466 e. The number of aromatic nitrogens is 2. The lowest BCUT2D eigenvalue weighted by Gasteiger charge is -2.31. The van der Waals surface area contributed by atoms with Crippen molar-refractivity contribution in [3.05, 3.63) is 47.3 Å². The molecule has 2 heterocycles. The van der Waals surface area contributed by atoms with E-state index in [0.717, 1.165) is 0 Å². The number of esters is 3. The molecule has 0 spiro atoms. The van der Waals surface area contributed by atoms with Gasteiger partial charge in [0.1, 0.15) is 18.1 Å². The first kappa shape index (κ1) is 20.1. The minimum atomic E-state index is -0.688. The van der Waals surface area contributed by atoms with Gasteiger partial charge in [-0.1, -0.05) is 12.1 Å². The number of benzene rings is 1. The second kappa shape index (κ2) is 8.57. The first-order valence-electron chi connectivity index (χ1n) is 8.49. The van der Waals surface area contributed by atoms with E-state index in [1.54, 1.807) is 30.3 Å². The van der Waals surface area contributed by atoms with Crippen molar-refractivity contribution >= 4 is 23.6 Å². The number of rotatable bonds is 5. The van der Waals surface area contributed by atoms with Gasteiger partial charge in [-0.25, -0.2) is 14.4 Å². The average Bonchev–Trinajstić information content (AvgIpc) is 3.27. The Morgan fingerprint density at radius 1 is 1.03 bits per heavy atom. The average molecular weight is 401 g/mol. The summed E-state index contributed by atoms with van der Waals surface area (Å²) in [5.41, 5.74) is 2.04. The van der Waals surface area contributed by atoms with E-state index in [4.69, 9.17) is 14.2 Å². The van der Waals surface area contributed by atoms with Crippen LogP contribution in [0.1, 0.15) is 10.5 Å². The molecule has 0 atom stereocenters. The molecule has 0 bridgehead atoms. The Morgan fingerprint density at radius 3 is 2.45 bits per heavy atom. The summed E-state index contributed by atoms with van der Waals surface area (Å²) in [4.78, 5) is 37.6. The molecule has 0 aliphatic carbocycles. The third-order valence-electron chi connectivity index (χ3n) is 4.27. The normalized spacial score (nSPS) is 13.8. The summed E-state index contributed by atoms with van der Waals surface area (Å²) in [5.74, 6) is -1.91. The predicted molar refractivity (Wildman–Crippen MR) is 99.7 cm³/mol. The fourth-order valence-corrected chi connectivity index (χ4v) is 2.86. The summed E-state index contributed by atoms with van der Waals surface area (Å²) < 4.78 is 19.7. The van der Waals surface area contributed by atoms with Crippen molar-refractivity contribution in [2.24, 2.45) is 0 Å². The molecule has 10 nitrogen and oxygen atoms in total. The Bertz CT molecular complexity index is 980. The number of hydrogen-bond donors (Lipinski definition) is 1. The zero-order valence-corrected chi connectivity index (χ0v) is 16.1. The number of hydrogen-bond acceptors (Lipinski definition) is 9. The SMILES string of the molecule is COC(=O)C1=C(C(=O)OC)N(c2cccc(-c3cc(C(=O)OC)[nH]n3)c2)COC1. The minimum absolute atomic E-state index is 0.0301. The molecular formula is C19H19N3O7. The van der Waals surface area contributed by atoms with E-state index in [0.29, 0.717) is 16.9 Å². The molecule has 29 heavy (non-hydrogen) atoms. The number of nitrogens with zero attached hydrogens (tertiary/aromatic N) is 2. The maximum atomic E-state index is 12.4. The topological polar surface area (TPSA) is 120 Å². The smallest absolute Gasteiger partial charge is 0.356 e. The molecule has 2 aromatic rings. The van der Waals surface area contributed by atoms with Gasteiger partial charge in [0, 0.05) is 11.3 Å². The van der Waals surface area contributed by atoms with Gasteiger partial charge in [0.05, 0.1) is 39.2 Å². The summed E-state index contributed by atoms with van der Waals surface area (Å²) in [7, 11) is 3.73. The van der Waals surface area contributed by atoms with Gasteiger partial charge in [-0.05, 0) is 18.2 Å². The molecular weight excluding hydrogens is 382 g/mol. The highest BCUT2D eigenvalue weighted by molar-refractivity contribution is 6.03. The van der Waals surface area contributed by atoms with Crippen LogP contribution in [0.4, 0.5) is 5.69 Å². The molecule has 3 rings (SSSR count). The van der Waals surface area contributed by atoms with Gasteiger partial charge in [0.2, 0.25) is 0 Å². The third-order valence-corrected chi connectivity index (χ3v) is 4.27. The zero-order chi connectivity index (χ0) is 21.0. The van der Waals surface area contributed by atoms with Gasteiger partial charge >= 0.3 is 17.9 Å². The fraction of sp³-hybridized carbons (Fsp3) is 0.263. The molecule has 1 aliphatic rings. The standard InChI is InChI=1S/C19H19N3O7/c1-26-17(23)13-9-29-10-22(16(13)19(25)28-3)12-6-4-5-11(7-12)14-8-15(21-20-14)18(24)27-2/h4-8H,9-10H2,1-3H3,(H,20,21). The first-order chi connectivity index (χ1) is 14.0.